The molecule has 1 atom stereocenters. The molecule has 0 aliphatic heterocycles. The Morgan fingerprint density at radius 2 is 1.55 bits per heavy atom. The summed E-state index contributed by atoms with van der Waals surface area (Å²) in [6.45, 7) is 0. The highest BCUT2D eigenvalue weighted by Crippen LogP contribution is 2.36. The molecule has 1 N–H and O–H groups in total. The van der Waals surface area contributed by atoms with Crippen molar-refractivity contribution in [3.05, 3.63) is 54.1 Å². The number of anilines is 1. The van der Waals surface area contributed by atoms with Gasteiger partial charge in [0.25, 0.3) is 0 Å². The average molecular weight is 311 g/mol. The number of nitrogens with one attached hydrogen (secondary N) is 1. The number of rotatable bonds is 5. The minimum absolute atomic E-state index is 0.0858. The normalized spacial score (nSPS) is 12.6. The number of halogens is 3. The number of alkyl halides is 3. The molecule has 0 saturated carbocycles. The van der Waals surface area contributed by atoms with E-state index in [0.717, 1.165) is 0 Å². The van der Waals surface area contributed by atoms with Gasteiger partial charge in [0.1, 0.15) is 17.5 Å². The van der Waals surface area contributed by atoms with Gasteiger partial charge in [0, 0.05) is 5.69 Å². The summed E-state index contributed by atoms with van der Waals surface area (Å²) in [5.74, 6) is 0.957. The van der Waals surface area contributed by atoms with Gasteiger partial charge in [-0.15, -0.1) is 0 Å². The van der Waals surface area contributed by atoms with Crippen LogP contribution in [0.15, 0.2) is 48.5 Å². The second-order valence-corrected chi connectivity index (χ2v) is 4.62. The molecule has 0 saturated heterocycles. The predicted octanol–water partition coefficient (Wildman–Crippen LogP) is 4.42. The van der Waals surface area contributed by atoms with Crippen LogP contribution in [0.4, 0.5) is 18.9 Å². The zero-order valence-corrected chi connectivity index (χ0v) is 12.1. The van der Waals surface area contributed by atoms with E-state index in [0.29, 0.717) is 17.2 Å². The van der Waals surface area contributed by atoms with E-state index in [9.17, 15) is 13.2 Å². The quantitative estimate of drug-likeness (QED) is 0.886. The van der Waals surface area contributed by atoms with Gasteiger partial charge in [-0.2, -0.15) is 13.2 Å². The summed E-state index contributed by atoms with van der Waals surface area (Å²) >= 11 is 0. The molecule has 0 radical (unpaired) electrons. The summed E-state index contributed by atoms with van der Waals surface area (Å²) in [5.41, 5.74) is 0.439. The minimum atomic E-state index is -4.44. The van der Waals surface area contributed by atoms with Crippen LogP contribution in [0.1, 0.15) is 11.6 Å². The van der Waals surface area contributed by atoms with Gasteiger partial charge in [0.2, 0.25) is 0 Å². The molecule has 118 valence electrons. The van der Waals surface area contributed by atoms with E-state index < -0.39 is 12.2 Å². The van der Waals surface area contributed by atoms with Crippen LogP contribution in [0.5, 0.6) is 11.5 Å². The maximum Gasteiger partial charge on any atom is 0.412 e. The molecular weight excluding hydrogens is 295 g/mol. The van der Waals surface area contributed by atoms with Crippen molar-refractivity contribution in [3.63, 3.8) is 0 Å². The van der Waals surface area contributed by atoms with Crippen molar-refractivity contribution in [2.75, 3.05) is 19.5 Å². The molecule has 0 bridgehead atoms. The first-order valence-electron chi connectivity index (χ1n) is 6.55. The summed E-state index contributed by atoms with van der Waals surface area (Å²) in [4.78, 5) is 0. The molecule has 22 heavy (non-hydrogen) atoms. The van der Waals surface area contributed by atoms with E-state index in [1.807, 2.05) is 0 Å². The summed E-state index contributed by atoms with van der Waals surface area (Å²) in [6.07, 6.45) is -4.44. The summed E-state index contributed by atoms with van der Waals surface area (Å²) in [7, 11) is 2.91. The van der Waals surface area contributed by atoms with Crippen LogP contribution >= 0.6 is 0 Å². The first-order valence-corrected chi connectivity index (χ1v) is 6.55. The van der Waals surface area contributed by atoms with Crippen molar-refractivity contribution >= 4 is 5.69 Å². The van der Waals surface area contributed by atoms with E-state index in [1.54, 1.807) is 18.2 Å². The molecule has 0 unspecified atom stereocenters. The van der Waals surface area contributed by atoms with Crippen molar-refractivity contribution in [2.45, 2.75) is 12.2 Å². The number of hydrogen-bond acceptors (Lipinski definition) is 3. The van der Waals surface area contributed by atoms with Crippen LogP contribution < -0.4 is 14.8 Å². The Labute approximate surface area is 126 Å². The summed E-state index contributed by atoms with van der Waals surface area (Å²) in [6, 6.07) is 10.4. The van der Waals surface area contributed by atoms with Crippen LogP contribution in [0, 0.1) is 0 Å². The molecule has 2 aromatic carbocycles. The van der Waals surface area contributed by atoms with Crippen LogP contribution in [-0.2, 0) is 0 Å². The Morgan fingerprint density at radius 3 is 2.09 bits per heavy atom. The van der Waals surface area contributed by atoms with Gasteiger partial charge >= 0.3 is 6.18 Å². The zero-order valence-electron chi connectivity index (χ0n) is 12.1. The maximum absolute atomic E-state index is 13.3. The molecule has 0 fully saturated rings. The Morgan fingerprint density at radius 1 is 0.909 bits per heavy atom. The van der Waals surface area contributed by atoms with Crippen molar-refractivity contribution in [2.24, 2.45) is 0 Å². The molecular formula is C16H16F3NO2. The lowest BCUT2D eigenvalue weighted by Gasteiger charge is -2.23. The molecule has 0 amide bonds. The average Bonchev–Trinajstić information content (AvgIpc) is 2.52. The van der Waals surface area contributed by atoms with Gasteiger partial charge in [0.15, 0.2) is 0 Å². The molecule has 6 heteroatoms. The van der Waals surface area contributed by atoms with Crippen molar-refractivity contribution in [1.82, 2.24) is 0 Å². The van der Waals surface area contributed by atoms with Crippen molar-refractivity contribution in [1.29, 1.82) is 0 Å². The topological polar surface area (TPSA) is 30.5 Å². The Balaban J connectivity index is 2.29. The van der Waals surface area contributed by atoms with E-state index in [2.05, 4.69) is 5.32 Å². The van der Waals surface area contributed by atoms with Gasteiger partial charge in [-0.25, -0.2) is 0 Å². The van der Waals surface area contributed by atoms with E-state index in [1.165, 1.54) is 44.6 Å². The fourth-order valence-electron chi connectivity index (χ4n) is 2.03. The molecule has 2 rings (SSSR count). The van der Waals surface area contributed by atoms with Crippen LogP contribution in [0.3, 0.4) is 0 Å². The first kappa shape index (κ1) is 16.0. The largest absolute Gasteiger partial charge is 0.497 e. The van der Waals surface area contributed by atoms with Gasteiger partial charge < -0.3 is 14.8 Å². The lowest BCUT2D eigenvalue weighted by Crippen LogP contribution is -2.27. The van der Waals surface area contributed by atoms with Gasteiger partial charge in [0.05, 0.1) is 14.2 Å². The fraction of sp³-hybridized carbons (Fsp3) is 0.250. The molecule has 2 aromatic rings. The lowest BCUT2D eigenvalue weighted by molar-refractivity contribution is -0.144. The smallest absolute Gasteiger partial charge is 0.412 e. The highest BCUT2D eigenvalue weighted by atomic mass is 19.4. The van der Waals surface area contributed by atoms with Crippen molar-refractivity contribution in [3.8, 4) is 11.5 Å². The highest BCUT2D eigenvalue weighted by molar-refractivity contribution is 5.49. The van der Waals surface area contributed by atoms with Crippen molar-refractivity contribution < 1.29 is 22.6 Å². The van der Waals surface area contributed by atoms with E-state index in [-0.39, 0.29) is 5.56 Å². The summed E-state index contributed by atoms with van der Waals surface area (Å²) < 4.78 is 50.0. The van der Waals surface area contributed by atoms with E-state index in [4.69, 9.17) is 9.47 Å². The second-order valence-electron chi connectivity index (χ2n) is 4.62. The SMILES string of the molecule is COc1ccc(N[C@@H](c2cccc(OC)c2)C(F)(F)F)cc1. The molecule has 0 spiro atoms. The number of benzene rings is 2. The molecule has 0 heterocycles. The van der Waals surface area contributed by atoms with E-state index >= 15 is 0 Å². The highest BCUT2D eigenvalue weighted by Gasteiger charge is 2.41. The summed E-state index contributed by atoms with van der Waals surface area (Å²) in [5, 5.41) is 2.50. The lowest BCUT2D eigenvalue weighted by atomic mass is 10.1. The second kappa shape index (κ2) is 6.60. The third-order valence-electron chi connectivity index (χ3n) is 3.16. The minimum Gasteiger partial charge on any atom is -0.497 e. The number of hydrogen-bond donors (Lipinski definition) is 1. The Bertz CT molecular complexity index is 612. The molecule has 0 aliphatic rings. The number of ether oxygens (including phenoxy) is 2. The van der Waals surface area contributed by atoms with Gasteiger partial charge in [-0.05, 0) is 42.0 Å². The Kier molecular flexibility index (Phi) is 4.80. The maximum atomic E-state index is 13.3. The third-order valence-corrected chi connectivity index (χ3v) is 3.16. The molecule has 3 nitrogen and oxygen atoms in total. The molecule has 0 aromatic heterocycles. The van der Waals surface area contributed by atoms with Gasteiger partial charge in [-0.1, -0.05) is 12.1 Å². The molecule has 0 aliphatic carbocycles. The first-order chi connectivity index (χ1) is 10.4. The predicted molar refractivity (Wildman–Crippen MR) is 78.4 cm³/mol. The standard InChI is InChI=1S/C16H16F3NO2/c1-21-13-8-6-12(7-9-13)20-15(16(17,18)19)11-4-3-5-14(10-11)22-2/h3-10,15,20H,1-2H3/t15-/m0/s1. The van der Waals surface area contributed by atoms with Gasteiger partial charge in [-0.3, -0.25) is 0 Å². The van der Waals surface area contributed by atoms with Crippen LogP contribution in [0.25, 0.3) is 0 Å². The van der Waals surface area contributed by atoms with Crippen LogP contribution in [0.2, 0.25) is 0 Å². The zero-order chi connectivity index (χ0) is 16.2. The number of methoxy groups -OCH3 is 2. The third kappa shape index (κ3) is 3.84. The fourth-order valence-corrected chi connectivity index (χ4v) is 2.03. The van der Waals surface area contributed by atoms with Crippen LogP contribution in [-0.4, -0.2) is 20.4 Å². The Hall–Kier alpha value is -2.37. The monoisotopic (exact) mass is 311 g/mol.